The number of ether oxygens (including phenoxy) is 1. The highest BCUT2D eigenvalue weighted by Gasteiger charge is 2.12. The smallest absolute Gasteiger partial charge is 0.330 e. The molecule has 0 spiro atoms. The van der Waals surface area contributed by atoms with E-state index in [9.17, 15) is 4.79 Å². The summed E-state index contributed by atoms with van der Waals surface area (Å²) >= 11 is 3.67. The molecule has 116 valence electrons. The van der Waals surface area contributed by atoms with Gasteiger partial charge in [-0.3, -0.25) is 0 Å². The minimum Gasteiger partial charge on any atom is -0.463 e. The van der Waals surface area contributed by atoms with Gasteiger partial charge in [0.15, 0.2) is 0 Å². The maximum Gasteiger partial charge on any atom is 0.330 e. The number of carbonyl (C=O) groups excluding carboxylic acids is 1. The molecular formula is C17H29BrO2. The lowest BCUT2D eigenvalue weighted by molar-refractivity contribution is -0.137. The van der Waals surface area contributed by atoms with Crippen molar-refractivity contribution in [3.8, 4) is 0 Å². The molecule has 0 aromatic heterocycles. The Morgan fingerprint density at radius 2 is 2.05 bits per heavy atom. The number of hydrogen-bond acceptors (Lipinski definition) is 2. The molecule has 0 aromatic rings. The second-order valence-electron chi connectivity index (χ2n) is 5.99. The Bertz CT molecular complexity index is 337. The van der Waals surface area contributed by atoms with Gasteiger partial charge in [0.1, 0.15) is 0 Å². The Hall–Kier alpha value is -0.570. The van der Waals surface area contributed by atoms with Crippen LogP contribution in [0.25, 0.3) is 0 Å². The molecule has 0 fully saturated rings. The van der Waals surface area contributed by atoms with E-state index in [0.29, 0.717) is 12.5 Å². The summed E-state index contributed by atoms with van der Waals surface area (Å²) in [6, 6.07) is 0. The summed E-state index contributed by atoms with van der Waals surface area (Å²) in [5.74, 6) is 0.416. The highest BCUT2D eigenvalue weighted by atomic mass is 79.9. The zero-order chi connectivity index (χ0) is 15.6. The first-order valence-corrected chi connectivity index (χ1v) is 8.24. The molecule has 0 rings (SSSR count). The van der Waals surface area contributed by atoms with Crippen LogP contribution in [0.4, 0.5) is 0 Å². The maximum atomic E-state index is 11.2. The normalized spacial score (nSPS) is 14.6. The fourth-order valence-electron chi connectivity index (χ4n) is 1.89. The van der Waals surface area contributed by atoms with Crippen LogP contribution in [0.5, 0.6) is 0 Å². The van der Waals surface area contributed by atoms with Gasteiger partial charge in [0.05, 0.1) is 6.61 Å². The molecule has 0 aliphatic rings. The van der Waals surface area contributed by atoms with Crippen LogP contribution in [-0.2, 0) is 9.53 Å². The van der Waals surface area contributed by atoms with E-state index in [1.165, 1.54) is 25.3 Å². The van der Waals surface area contributed by atoms with Crippen LogP contribution in [0, 0.1) is 5.92 Å². The molecule has 0 saturated carbocycles. The topological polar surface area (TPSA) is 26.3 Å². The van der Waals surface area contributed by atoms with Crippen molar-refractivity contribution in [2.75, 3.05) is 6.61 Å². The Labute approximate surface area is 132 Å². The van der Waals surface area contributed by atoms with Gasteiger partial charge in [-0.1, -0.05) is 61.7 Å². The molecular weight excluding hydrogens is 316 g/mol. The molecule has 0 aliphatic heterocycles. The van der Waals surface area contributed by atoms with E-state index in [4.69, 9.17) is 4.74 Å². The van der Waals surface area contributed by atoms with Crippen molar-refractivity contribution in [2.45, 2.75) is 64.6 Å². The summed E-state index contributed by atoms with van der Waals surface area (Å²) in [5.41, 5.74) is 0.942. The molecule has 0 amide bonds. The van der Waals surface area contributed by atoms with Gasteiger partial charge >= 0.3 is 5.97 Å². The van der Waals surface area contributed by atoms with Crippen molar-refractivity contribution in [3.05, 3.63) is 23.8 Å². The first kappa shape index (κ1) is 19.4. The number of rotatable bonds is 9. The molecule has 0 N–H and O–H groups in total. The van der Waals surface area contributed by atoms with E-state index in [0.717, 1.165) is 12.0 Å². The monoisotopic (exact) mass is 344 g/mol. The van der Waals surface area contributed by atoms with Gasteiger partial charge in [0.2, 0.25) is 0 Å². The molecule has 0 bridgehead atoms. The molecule has 0 aliphatic carbocycles. The minimum absolute atomic E-state index is 0.252. The number of alkyl halides is 1. The fraction of sp³-hybridized carbons (Fsp3) is 0.706. The summed E-state index contributed by atoms with van der Waals surface area (Å²) in [7, 11) is 0. The van der Waals surface area contributed by atoms with Gasteiger partial charge in [-0.2, -0.15) is 0 Å². The van der Waals surface area contributed by atoms with Gasteiger partial charge in [-0.05, 0) is 38.2 Å². The number of allylic oxidation sites excluding steroid dienone is 3. The summed E-state index contributed by atoms with van der Waals surface area (Å²) in [5, 5.41) is 0. The van der Waals surface area contributed by atoms with Crippen LogP contribution in [0.2, 0.25) is 0 Å². The zero-order valence-electron chi connectivity index (χ0n) is 13.5. The quantitative estimate of drug-likeness (QED) is 0.241. The lowest BCUT2D eigenvalue weighted by atomic mass is 9.97. The molecule has 2 nitrogen and oxygen atoms in total. The van der Waals surface area contributed by atoms with Crippen molar-refractivity contribution in [3.63, 3.8) is 0 Å². The third-order valence-electron chi connectivity index (χ3n) is 3.02. The first-order valence-electron chi connectivity index (χ1n) is 7.45. The van der Waals surface area contributed by atoms with E-state index < -0.39 is 0 Å². The van der Waals surface area contributed by atoms with Gasteiger partial charge in [-0.25, -0.2) is 4.79 Å². The Morgan fingerprint density at radius 1 is 1.40 bits per heavy atom. The Kier molecular flexibility index (Phi) is 9.91. The van der Waals surface area contributed by atoms with Gasteiger partial charge in [0.25, 0.3) is 0 Å². The summed E-state index contributed by atoms with van der Waals surface area (Å²) < 4.78 is 5.12. The molecule has 1 atom stereocenters. The van der Waals surface area contributed by atoms with Gasteiger partial charge < -0.3 is 4.74 Å². The fourth-order valence-corrected chi connectivity index (χ4v) is 2.17. The molecule has 1 unspecified atom stereocenters. The first-order chi connectivity index (χ1) is 9.24. The lowest BCUT2D eigenvalue weighted by Crippen LogP contribution is -2.09. The predicted octanol–water partition coefficient (Wildman–Crippen LogP) is 5.42. The highest BCUT2D eigenvalue weighted by molar-refractivity contribution is 9.10. The van der Waals surface area contributed by atoms with E-state index in [1.807, 2.05) is 19.9 Å². The standard InChI is InChI=1S/C17H29BrO2/c1-6-20-16(19)13-15(3)10-7-9-14(2)11-8-12-17(4,5)18/h7,10,13-14H,6,8-9,11-12H2,1-5H3/b10-7+,15-13+. The van der Waals surface area contributed by atoms with Crippen molar-refractivity contribution >= 4 is 21.9 Å². The molecule has 3 heteroatoms. The van der Waals surface area contributed by atoms with Crippen molar-refractivity contribution < 1.29 is 9.53 Å². The van der Waals surface area contributed by atoms with Gasteiger partial charge in [0, 0.05) is 10.4 Å². The largest absolute Gasteiger partial charge is 0.463 e. The van der Waals surface area contributed by atoms with Crippen LogP contribution in [0.1, 0.15) is 60.3 Å². The lowest BCUT2D eigenvalue weighted by Gasteiger charge is -2.17. The van der Waals surface area contributed by atoms with E-state index in [-0.39, 0.29) is 10.3 Å². The highest BCUT2D eigenvalue weighted by Crippen LogP contribution is 2.25. The van der Waals surface area contributed by atoms with Crippen LogP contribution < -0.4 is 0 Å². The zero-order valence-corrected chi connectivity index (χ0v) is 15.1. The summed E-state index contributed by atoms with van der Waals surface area (Å²) in [6.45, 7) is 10.9. The third-order valence-corrected chi connectivity index (χ3v) is 3.42. The van der Waals surface area contributed by atoms with Crippen LogP contribution >= 0.6 is 15.9 Å². The number of esters is 1. The minimum atomic E-state index is -0.262. The average molecular weight is 345 g/mol. The molecule has 0 radical (unpaired) electrons. The summed E-state index contributed by atoms with van der Waals surface area (Å²) in [6.07, 6.45) is 10.4. The average Bonchev–Trinajstić information content (AvgIpc) is 2.27. The predicted molar refractivity (Wildman–Crippen MR) is 90.2 cm³/mol. The summed E-state index contributed by atoms with van der Waals surface area (Å²) in [4.78, 5) is 11.2. The molecule has 0 saturated heterocycles. The van der Waals surface area contributed by atoms with Crippen LogP contribution in [0.3, 0.4) is 0 Å². The molecule has 0 heterocycles. The maximum absolute atomic E-state index is 11.2. The molecule has 20 heavy (non-hydrogen) atoms. The van der Waals surface area contributed by atoms with E-state index >= 15 is 0 Å². The third kappa shape index (κ3) is 12.5. The van der Waals surface area contributed by atoms with E-state index in [2.05, 4.69) is 42.8 Å². The van der Waals surface area contributed by atoms with Crippen LogP contribution in [-0.4, -0.2) is 16.9 Å². The number of carbonyl (C=O) groups is 1. The van der Waals surface area contributed by atoms with Crippen molar-refractivity contribution in [2.24, 2.45) is 5.92 Å². The van der Waals surface area contributed by atoms with Gasteiger partial charge in [-0.15, -0.1) is 0 Å². The van der Waals surface area contributed by atoms with Crippen molar-refractivity contribution in [1.29, 1.82) is 0 Å². The SMILES string of the molecule is CCOC(=O)/C=C(C)/C=C/CC(C)CCCC(C)(C)Br. The molecule has 0 aromatic carbocycles. The second-order valence-corrected chi connectivity index (χ2v) is 8.14. The second kappa shape index (κ2) is 10.2. The number of halogens is 1. The van der Waals surface area contributed by atoms with E-state index in [1.54, 1.807) is 0 Å². The number of hydrogen-bond donors (Lipinski definition) is 0. The Morgan fingerprint density at radius 3 is 2.60 bits per heavy atom. The van der Waals surface area contributed by atoms with Crippen molar-refractivity contribution in [1.82, 2.24) is 0 Å². The Balaban J connectivity index is 3.96. The van der Waals surface area contributed by atoms with Crippen LogP contribution in [0.15, 0.2) is 23.8 Å².